The van der Waals surface area contributed by atoms with Crippen molar-refractivity contribution in [2.24, 2.45) is 5.92 Å². The Morgan fingerprint density at radius 1 is 1.03 bits per heavy atom. The fourth-order valence-electron chi connectivity index (χ4n) is 4.57. The van der Waals surface area contributed by atoms with Crippen molar-refractivity contribution in [3.8, 4) is 17.2 Å². The number of anilines is 1. The lowest BCUT2D eigenvalue weighted by atomic mass is 9.80. The van der Waals surface area contributed by atoms with E-state index in [1.807, 2.05) is 32.0 Å². The minimum Gasteiger partial charge on any atom is -0.497 e. The van der Waals surface area contributed by atoms with E-state index in [4.69, 9.17) is 23.7 Å². The smallest absolute Gasteiger partial charge is 0.250 e. The summed E-state index contributed by atoms with van der Waals surface area (Å²) in [6.45, 7) is 3.85. The summed E-state index contributed by atoms with van der Waals surface area (Å²) >= 11 is 0. The third kappa shape index (κ3) is 5.95. The average molecular weight is 482 g/mol. The molecular weight excluding hydrogens is 450 g/mol. The maximum absolute atomic E-state index is 13.0. The molecule has 3 unspecified atom stereocenters. The van der Waals surface area contributed by atoms with Gasteiger partial charge in [0.1, 0.15) is 36.2 Å². The molecule has 1 N–H and O–H groups in total. The van der Waals surface area contributed by atoms with Crippen molar-refractivity contribution in [2.45, 2.75) is 45.3 Å². The van der Waals surface area contributed by atoms with Gasteiger partial charge < -0.3 is 29.0 Å². The monoisotopic (exact) mass is 481 g/mol. The molecule has 1 aliphatic carbocycles. The summed E-state index contributed by atoms with van der Waals surface area (Å²) in [6, 6.07) is 11.0. The summed E-state index contributed by atoms with van der Waals surface area (Å²) in [5, 5.41) is 2.80. The summed E-state index contributed by atoms with van der Waals surface area (Å²) in [5.41, 5.74) is 2.63. The molecule has 1 fully saturated rings. The molecule has 35 heavy (non-hydrogen) atoms. The maximum atomic E-state index is 13.0. The molecule has 8 nitrogen and oxygen atoms in total. The molecule has 1 saturated carbocycles. The first kappa shape index (κ1) is 24.6. The van der Waals surface area contributed by atoms with Crippen LogP contribution in [0.4, 0.5) is 5.69 Å². The Balaban J connectivity index is 1.31. The zero-order valence-electron chi connectivity index (χ0n) is 20.5. The molecular formula is C27H31NO7. The summed E-state index contributed by atoms with van der Waals surface area (Å²) in [5.74, 6) is 1.34. The lowest BCUT2D eigenvalue weighted by Crippen LogP contribution is -2.43. The molecule has 0 radical (unpaired) electrons. The number of benzene rings is 2. The highest BCUT2D eigenvalue weighted by Gasteiger charge is 2.41. The van der Waals surface area contributed by atoms with E-state index < -0.39 is 0 Å². The van der Waals surface area contributed by atoms with Crippen molar-refractivity contribution in [3.63, 3.8) is 0 Å². The second-order valence-electron chi connectivity index (χ2n) is 8.91. The van der Waals surface area contributed by atoms with Crippen molar-refractivity contribution in [1.82, 2.24) is 0 Å². The average Bonchev–Trinajstić information content (AvgIpc) is 2.84. The molecule has 4 rings (SSSR count). The van der Waals surface area contributed by atoms with Crippen molar-refractivity contribution in [1.29, 1.82) is 0 Å². The van der Waals surface area contributed by atoms with Gasteiger partial charge in [0.25, 0.3) is 0 Å². The first-order valence-corrected chi connectivity index (χ1v) is 11.7. The summed E-state index contributed by atoms with van der Waals surface area (Å²) < 4.78 is 28.1. The number of carbonyl (C=O) groups excluding carboxylic acids is 2. The summed E-state index contributed by atoms with van der Waals surface area (Å²) in [6.07, 6.45) is 2.72. The third-order valence-electron chi connectivity index (χ3n) is 6.23. The molecule has 3 atom stereocenters. The number of fused-ring (bicyclic) bond motifs is 1. The zero-order chi connectivity index (χ0) is 24.9. The number of rotatable bonds is 8. The Kier molecular flexibility index (Phi) is 7.60. The number of ketones is 1. The van der Waals surface area contributed by atoms with E-state index in [-0.39, 0.29) is 42.2 Å². The van der Waals surface area contributed by atoms with Crippen LogP contribution in [0.1, 0.15) is 30.4 Å². The molecule has 186 valence electrons. The number of aryl methyl sites for hydroxylation is 2. The second kappa shape index (κ2) is 10.8. The highest BCUT2D eigenvalue weighted by atomic mass is 16.5. The van der Waals surface area contributed by atoms with Crippen molar-refractivity contribution < 1.29 is 33.3 Å². The highest BCUT2D eigenvalue weighted by Crippen LogP contribution is 2.35. The molecule has 0 aromatic heterocycles. The summed E-state index contributed by atoms with van der Waals surface area (Å²) in [4.78, 5) is 25.5. The Morgan fingerprint density at radius 3 is 2.51 bits per heavy atom. The molecule has 2 aromatic rings. The van der Waals surface area contributed by atoms with Crippen LogP contribution in [-0.4, -0.2) is 44.7 Å². The molecule has 1 aliphatic heterocycles. The number of hydrogen-bond donors (Lipinski definition) is 1. The SMILES string of the molecule is COc1ccc(OC)c(NC(=O)COC2CCC3C(=O)C(Oc4cc(C)cc(C)c4)=COC3C2)c1. The topological polar surface area (TPSA) is 92.3 Å². The van der Waals surface area contributed by atoms with Crippen LogP contribution in [-0.2, 0) is 19.1 Å². The molecule has 0 saturated heterocycles. The van der Waals surface area contributed by atoms with Crippen LogP contribution in [0.2, 0.25) is 0 Å². The first-order chi connectivity index (χ1) is 16.9. The van der Waals surface area contributed by atoms with Crippen LogP contribution in [0.25, 0.3) is 0 Å². The van der Waals surface area contributed by atoms with Gasteiger partial charge in [0.2, 0.25) is 17.4 Å². The number of allylic oxidation sites excluding steroid dienone is 1. The normalized spacial score (nSPS) is 21.3. The van der Waals surface area contributed by atoms with Crippen LogP contribution in [0.15, 0.2) is 48.4 Å². The van der Waals surface area contributed by atoms with Crippen LogP contribution in [0.3, 0.4) is 0 Å². The number of nitrogens with one attached hydrogen (secondary N) is 1. The van der Waals surface area contributed by atoms with Crippen LogP contribution in [0, 0.1) is 19.8 Å². The molecule has 2 aromatic carbocycles. The van der Waals surface area contributed by atoms with Gasteiger partial charge >= 0.3 is 0 Å². The number of carbonyl (C=O) groups is 2. The number of methoxy groups -OCH3 is 2. The fourth-order valence-corrected chi connectivity index (χ4v) is 4.57. The van der Waals surface area contributed by atoms with Gasteiger partial charge in [0.05, 0.1) is 31.9 Å². The Morgan fingerprint density at radius 2 is 1.80 bits per heavy atom. The quantitative estimate of drug-likeness (QED) is 0.600. The van der Waals surface area contributed by atoms with Gasteiger partial charge in [-0.05, 0) is 62.1 Å². The van der Waals surface area contributed by atoms with Gasteiger partial charge in [-0.15, -0.1) is 0 Å². The van der Waals surface area contributed by atoms with Gasteiger partial charge in [0, 0.05) is 12.5 Å². The van der Waals surface area contributed by atoms with Crippen LogP contribution < -0.4 is 19.5 Å². The van der Waals surface area contributed by atoms with E-state index in [1.54, 1.807) is 25.3 Å². The Labute approximate surface area is 205 Å². The Bertz CT molecular complexity index is 1110. The van der Waals surface area contributed by atoms with Gasteiger partial charge in [-0.2, -0.15) is 0 Å². The molecule has 1 amide bonds. The van der Waals surface area contributed by atoms with Crippen LogP contribution in [0.5, 0.6) is 17.2 Å². The van der Waals surface area contributed by atoms with E-state index in [2.05, 4.69) is 5.32 Å². The van der Waals surface area contributed by atoms with Gasteiger partial charge in [-0.25, -0.2) is 0 Å². The molecule has 0 bridgehead atoms. The number of Topliss-reactive ketones (excluding diaryl/α,β-unsaturated/α-hetero) is 1. The van der Waals surface area contributed by atoms with Crippen molar-refractivity contribution in [3.05, 3.63) is 59.5 Å². The highest BCUT2D eigenvalue weighted by molar-refractivity contribution is 5.96. The molecule has 2 aliphatic rings. The number of ether oxygens (including phenoxy) is 5. The standard InChI is InChI=1S/C27H31NO7/c1-16-9-17(2)11-20(10-16)35-25-14-34-24-13-19(5-7-21(24)27(25)30)33-15-26(29)28-22-12-18(31-3)6-8-23(22)32-4/h6,8-12,14,19,21,24H,5,7,13,15H2,1-4H3,(H,28,29). The third-order valence-corrected chi connectivity index (χ3v) is 6.23. The zero-order valence-corrected chi connectivity index (χ0v) is 20.5. The summed E-state index contributed by atoms with van der Waals surface area (Å²) in [7, 11) is 3.09. The van der Waals surface area contributed by atoms with Gasteiger partial charge in [0.15, 0.2) is 0 Å². The van der Waals surface area contributed by atoms with E-state index >= 15 is 0 Å². The van der Waals surface area contributed by atoms with E-state index in [1.165, 1.54) is 13.4 Å². The van der Waals surface area contributed by atoms with E-state index in [0.717, 1.165) is 11.1 Å². The molecule has 8 heteroatoms. The molecule has 1 heterocycles. The molecule has 0 spiro atoms. The van der Waals surface area contributed by atoms with Crippen molar-refractivity contribution in [2.75, 3.05) is 26.1 Å². The van der Waals surface area contributed by atoms with Gasteiger partial charge in [-0.1, -0.05) is 6.07 Å². The predicted molar refractivity (Wildman–Crippen MR) is 130 cm³/mol. The lowest BCUT2D eigenvalue weighted by Gasteiger charge is -2.37. The maximum Gasteiger partial charge on any atom is 0.250 e. The largest absolute Gasteiger partial charge is 0.497 e. The number of hydrogen-bond acceptors (Lipinski definition) is 7. The number of amides is 1. The fraction of sp³-hybridized carbons (Fsp3) is 0.407. The van der Waals surface area contributed by atoms with E-state index in [0.29, 0.717) is 42.2 Å². The Hall–Kier alpha value is -3.52. The second-order valence-corrected chi connectivity index (χ2v) is 8.91. The van der Waals surface area contributed by atoms with Gasteiger partial charge in [-0.3, -0.25) is 9.59 Å². The van der Waals surface area contributed by atoms with Crippen molar-refractivity contribution >= 4 is 17.4 Å². The lowest BCUT2D eigenvalue weighted by molar-refractivity contribution is -0.136. The van der Waals surface area contributed by atoms with Crippen LogP contribution >= 0.6 is 0 Å². The predicted octanol–water partition coefficient (Wildman–Crippen LogP) is 4.33. The first-order valence-electron chi connectivity index (χ1n) is 11.7. The van der Waals surface area contributed by atoms with E-state index in [9.17, 15) is 9.59 Å². The minimum absolute atomic E-state index is 0.0540. The minimum atomic E-state index is -0.302.